The first-order chi connectivity index (χ1) is 21.1. The van der Waals surface area contributed by atoms with Crippen molar-refractivity contribution in [1.82, 2.24) is 10.2 Å². The number of carbonyl (C=O) groups is 2. The Morgan fingerprint density at radius 3 is 2.16 bits per heavy atom. The van der Waals surface area contributed by atoms with E-state index in [0.29, 0.717) is 12.1 Å². The molecule has 0 saturated heterocycles. The number of nitro benzene ring substituents is 1. The Bertz CT molecular complexity index is 1720. The van der Waals surface area contributed by atoms with Crippen molar-refractivity contribution in [1.29, 1.82) is 0 Å². The Morgan fingerprint density at radius 2 is 1.52 bits per heavy atom. The quantitative estimate of drug-likeness (QED) is 0.150. The molecule has 0 radical (unpaired) electrons. The van der Waals surface area contributed by atoms with Crippen molar-refractivity contribution in [3.8, 4) is 0 Å². The highest BCUT2D eigenvalue weighted by Crippen LogP contribution is 2.28. The molecule has 4 aromatic carbocycles. The number of halogens is 1. The summed E-state index contributed by atoms with van der Waals surface area (Å²) in [6, 6.07) is 28.1. The molecule has 0 unspecified atom stereocenters. The SMILES string of the molecule is CCNC(=O)[C@H](Cc1ccccc1)N(Cc1cccc(Br)c1)C(=O)CN(c1cccc([N+](=O)[O-])c1)S(=O)(=O)c1ccccc1. The van der Waals surface area contributed by atoms with Gasteiger partial charge in [0.05, 0.1) is 15.5 Å². The second-order valence-electron chi connectivity index (χ2n) is 9.85. The standard InChI is InChI=1S/C32H31BrN4O6S/c1-2-34-32(39)30(20-24-11-5-3-6-12-24)35(22-25-13-9-14-26(33)19-25)31(38)23-36(27-15-10-16-28(21-27)37(40)41)44(42,43)29-17-7-4-8-18-29/h3-19,21,30H,2,20,22-23H2,1H3,(H,34,39)/t30-/m0/s1. The molecule has 0 aliphatic rings. The number of hydrogen-bond donors (Lipinski definition) is 1. The zero-order chi connectivity index (χ0) is 31.7. The molecule has 2 amide bonds. The van der Waals surface area contributed by atoms with Crippen molar-refractivity contribution in [2.75, 3.05) is 17.4 Å². The van der Waals surface area contributed by atoms with E-state index < -0.39 is 39.3 Å². The lowest BCUT2D eigenvalue weighted by atomic mass is 10.0. The molecule has 44 heavy (non-hydrogen) atoms. The minimum absolute atomic E-state index is 0.00106. The molecule has 0 aromatic heterocycles. The van der Waals surface area contributed by atoms with E-state index in [-0.39, 0.29) is 29.2 Å². The Balaban J connectivity index is 1.82. The van der Waals surface area contributed by atoms with Gasteiger partial charge in [-0.2, -0.15) is 0 Å². The fourth-order valence-electron chi connectivity index (χ4n) is 4.69. The first kappa shape index (κ1) is 32.4. The third kappa shape index (κ3) is 8.08. The van der Waals surface area contributed by atoms with Gasteiger partial charge in [-0.3, -0.25) is 24.0 Å². The monoisotopic (exact) mass is 678 g/mol. The van der Waals surface area contributed by atoms with Crippen LogP contribution in [-0.2, 0) is 32.6 Å². The van der Waals surface area contributed by atoms with Crippen LogP contribution in [0.4, 0.5) is 11.4 Å². The van der Waals surface area contributed by atoms with Gasteiger partial charge in [-0.15, -0.1) is 0 Å². The maximum atomic E-state index is 14.3. The van der Waals surface area contributed by atoms with Crippen LogP contribution in [0.15, 0.2) is 119 Å². The highest BCUT2D eigenvalue weighted by molar-refractivity contribution is 9.10. The first-order valence-corrected chi connectivity index (χ1v) is 16.0. The number of sulfonamides is 1. The predicted molar refractivity (Wildman–Crippen MR) is 171 cm³/mol. The molecule has 12 heteroatoms. The summed E-state index contributed by atoms with van der Waals surface area (Å²) in [4.78, 5) is 40.1. The minimum atomic E-state index is -4.36. The molecule has 0 bridgehead atoms. The van der Waals surface area contributed by atoms with Gasteiger partial charge in [-0.05, 0) is 48.4 Å². The molecule has 0 saturated carbocycles. The van der Waals surface area contributed by atoms with E-state index >= 15 is 0 Å². The lowest BCUT2D eigenvalue weighted by Gasteiger charge is -2.33. The molecule has 0 aliphatic carbocycles. The molecule has 4 rings (SSSR count). The lowest BCUT2D eigenvalue weighted by molar-refractivity contribution is -0.384. The number of non-ortho nitro benzene ring substituents is 1. The van der Waals surface area contributed by atoms with Crippen molar-refractivity contribution >= 4 is 49.1 Å². The van der Waals surface area contributed by atoms with E-state index in [1.54, 1.807) is 37.3 Å². The Kier molecular flexibility index (Phi) is 10.9. The molecular weight excluding hydrogens is 648 g/mol. The van der Waals surface area contributed by atoms with Gasteiger partial charge < -0.3 is 10.2 Å². The summed E-state index contributed by atoms with van der Waals surface area (Å²) >= 11 is 3.45. The van der Waals surface area contributed by atoms with Gasteiger partial charge >= 0.3 is 0 Å². The van der Waals surface area contributed by atoms with Crippen LogP contribution in [0.2, 0.25) is 0 Å². The topological polar surface area (TPSA) is 130 Å². The van der Waals surface area contributed by atoms with Gasteiger partial charge in [0.15, 0.2) is 0 Å². The van der Waals surface area contributed by atoms with Gasteiger partial charge in [-0.1, -0.05) is 82.7 Å². The molecule has 1 atom stereocenters. The minimum Gasteiger partial charge on any atom is -0.355 e. The molecule has 228 valence electrons. The van der Waals surface area contributed by atoms with E-state index in [4.69, 9.17) is 0 Å². The van der Waals surface area contributed by atoms with Crippen molar-refractivity contribution < 1.29 is 22.9 Å². The second kappa shape index (κ2) is 14.8. The number of rotatable bonds is 13. The number of nitrogens with one attached hydrogen (secondary N) is 1. The van der Waals surface area contributed by atoms with E-state index in [1.165, 1.54) is 35.2 Å². The fraction of sp³-hybridized carbons (Fsp3) is 0.188. The number of nitrogens with zero attached hydrogens (tertiary/aromatic N) is 3. The Labute approximate surface area is 264 Å². The zero-order valence-electron chi connectivity index (χ0n) is 23.9. The van der Waals surface area contributed by atoms with Gasteiger partial charge in [0.25, 0.3) is 15.7 Å². The summed E-state index contributed by atoms with van der Waals surface area (Å²) in [5.74, 6) is -1.06. The molecular formula is C32H31BrN4O6S. The van der Waals surface area contributed by atoms with Crippen LogP contribution in [0.3, 0.4) is 0 Å². The Hall–Kier alpha value is -4.55. The summed E-state index contributed by atoms with van der Waals surface area (Å²) in [5.41, 5.74) is 1.13. The molecule has 1 N–H and O–H groups in total. The summed E-state index contributed by atoms with van der Waals surface area (Å²) in [6.07, 6.45) is 0.175. The number of anilines is 1. The van der Waals surface area contributed by atoms with E-state index in [2.05, 4.69) is 21.2 Å². The maximum absolute atomic E-state index is 14.3. The number of carbonyl (C=O) groups excluding carboxylic acids is 2. The van der Waals surface area contributed by atoms with Crippen LogP contribution in [0.5, 0.6) is 0 Å². The van der Waals surface area contributed by atoms with Crippen LogP contribution in [0.25, 0.3) is 0 Å². The maximum Gasteiger partial charge on any atom is 0.271 e. The van der Waals surface area contributed by atoms with Crippen LogP contribution >= 0.6 is 15.9 Å². The predicted octanol–water partition coefficient (Wildman–Crippen LogP) is 5.33. The average molecular weight is 680 g/mol. The smallest absolute Gasteiger partial charge is 0.271 e. The van der Waals surface area contributed by atoms with Gasteiger partial charge in [0.1, 0.15) is 12.6 Å². The Morgan fingerprint density at radius 1 is 0.886 bits per heavy atom. The normalized spacial score (nSPS) is 11.8. The third-order valence-corrected chi connectivity index (χ3v) is 9.08. The molecule has 0 heterocycles. The van der Waals surface area contributed by atoms with Gasteiger partial charge in [0.2, 0.25) is 11.8 Å². The van der Waals surface area contributed by atoms with E-state index in [9.17, 15) is 28.1 Å². The largest absolute Gasteiger partial charge is 0.355 e. The summed E-state index contributed by atoms with van der Waals surface area (Å²) in [6.45, 7) is 1.39. The highest BCUT2D eigenvalue weighted by atomic mass is 79.9. The number of amides is 2. The summed E-state index contributed by atoms with van der Waals surface area (Å²) in [5, 5.41) is 14.4. The van der Waals surface area contributed by atoms with Crippen molar-refractivity contribution in [2.24, 2.45) is 0 Å². The number of nitro groups is 1. The average Bonchev–Trinajstić information content (AvgIpc) is 3.02. The molecule has 0 aliphatic heterocycles. The molecule has 0 fully saturated rings. The number of benzene rings is 4. The van der Waals surface area contributed by atoms with Crippen LogP contribution in [-0.4, -0.2) is 49.2 Å². The third-order valence-electron chi connectivity index (χ3n) is 6.80. The lowest BCUT2D eigenvalue weighted by Crippen LogP contribution is -2.53. The fourth-order valence-corrected chi connectivity index (χ4v) is 6.56. The van der Waals surface area contributed by atoms with Gasteiger partial charge in [-0.25, -0.2) is 8.42 Å². The number of likely N-dealkylation sites (N-methyl/N-ethyl adjacent to an activating group) is 1. The highest BCUT2D eigenvalue weighted by Gasteiger charge is 2.35. The van der Waals surface area contributed by atoms with Crippen LogP contribution in [0.1, 0.15) is 18.1 Å². The first-order valence-electron chi connectivity index (χ1n) is 13.8. The summed E-state index contributed by atoms with van der Waals surface area (Å²) in [7, 11) is -4.36. The van der Waals surface area contributed by atoms with Crippen molar-refractivity contribution in [3.63, 3.8) is 0 Å². The van der Waals surface area contributed by atoms with E-state index in [1.807, 2.05) is 42.5 Å². The van der Waals surface area contributed by atoms with Gasteiger partial charge in [0, 0.05) is 36.1 Å². The van der Waals surface area contributed by atoms with Crippen molar-refractivity contribution in [2.45, 2.75) is 30.8 Å². The molecule has 4 aromatic rings. The zero-order valence-corrected chi connectivity index (χ0v) is 26.3. The van der Waals surface area contributed by atoms with Crippen LogP contribution in [0, 0.1) is 10.1 Å². The molecule has 10 nitrogen and oxygen atoms in total. The molecule has 0 spiro atoms. The van der Waals surface area contributed by atoms with Crippen molar-refractivity contribution in [3.05, 3.63) is 135 Å². The number of hydrogen-bond acceptors (Lipinski definition) is 6. The van der Waals surface area contributed by atoms with E-state index in [0.717, 1.165) is 20.4 Å². The second-order valence-corrected chi connectivity index (χ2v) is 12.6. The summed E-state index contributed by atoms with van der Waals surface area (Å²) < 4.78 is 29.6. The van der Waals surface area contributed by atoms with Crippen LogP contribution < -0.4 is 9.62 Å².